The molecule has 0 aromatic carbocycles. The molecule has 29 heavy (non-hydrogen) atoms. The predicted octanol–water partition coefficient (Wildman–Crippen LogP) is 2.97. The molecule has 6 heteroatoms. The first-order chi connectivity index (χ1) is 13.6. The maximum atomic E-state index is 12.6. The number of esters is 2. The maximum absolute atomic E-state index is 12.6. The molecular weight excluding hydrogens is 372 g/mol. The third kappa shape index (κ3) is 3.38. The number of fused-ring (bicyclic) bond motifs is 3. The van der Waals surface area contributed by atoms with Gasteiger partial charge in [-0.3, -0.25) is 0 Å². The van der Waals surface area contributed by atoms with Crippen molar-refractivity contribution in [2.24, 2.45) is 16.7 Å². The molecule has 0 amide bonds. The summed E-state index contributed by atoms with van der Waals surface area (Å²) >= 11 is 0. The zero-order valence-corrected chi connectivity index (χ0v) is 17.4. The molecule has 0 unspecified atom stereocenters. The summed E-state index contributed by atoms with van der Waals surface area (Å²) in [6.07, 6.45) is 11.7. The van der Waals surface area contributed by atoms with Crippen LogP contribution in [0.1, 0.15) is 47.0 Å². The molecule has 0 aromatic rings. The van der Waals surface area contributed by atoms with E-state index in [1.165, 1.54) is 12.2 Å². The highest BCUT2D eigenvalue weighted by Gasteiger charge is 2.71. The molecule has 1 saturated carbocycles. The van der Waals surface area contributed by atoms with E-state index in [0.29, 0.717) is 6.42 Å². The number of ether oxygens (including phenoxy) is 2. The van der Waals surface area contributed by atoms with Gasteiger partial charge in [-0.25, -0.2) is 9.59 Å². The van der Waals surface area contributed by atoms with Gasteiger partial charge in [-0.2, -0.15) is 0 Å². The molecule has 3 aliphatic rings. The largest absolute Gasteiger partial charge is 0.455 e. The third-order valence-corrected chi connectivity index (χ3v) is 6.75. The Balaban J connectivity index is 1.98. The van der Waals surface area contributed by atoms with Crippen molar-refractivity contribution in [3.05, 3.63) is 48.1 Å². The van der Waals surface area contributed by atoms with Gasteiger partial charge in [-0.15, -0.1) is 0 Å². The summed E-state index contributed by atoms with van der Waals surface area (Å²) in [5.41, 5.74) is -3.05. The van der Waals surface area contributed by atoms with Gasteiger partial charge in [0.2, 0.25) is 6.29 Å². The molecule has 5 atom stereocenters. The molecule has 0 aromatic heterocycles. The highest BCUT2D eigenvalue weighted by atomic mass is 16.7. The van der Waals surface area contributed by atoms with Gasteiger partial charge >= 0.3 is 11.9 Å². The van der Waals surface area contributed by atoms with Gasteiger partial charge in [-0.05, 0) is 31.3 Å². The number of hydrogen-bond acceptors (Lipinski definition) is 6. The quantitative estimate of drug-likeness (QED) is 0.325. The minimum Gasteiger partial charge on any atom is -0.455 e. The summed E-state index contributed by atoms with van der Waals surface area (Å²) < 4.78 is 10.7. The SMILES string of the molecule is C/C=C/C=C/C=C/C(=O)O[C@H]1C=C2[C@H](O)OC(=O)[C@]2(O)[C@@]2(C)CCCC(C)(C)[C@H]12. The molecule has 0 spiro atoms. The van der Waals surface area contributed by atoms with E-state index >= 15 is 0 Å². The Morgan fingerprint density at radius 2 is 1.90 bits per heavy atom. The standard InChI is InChI=1S/C23H30O6/c1-5-6-7-8-9-11-17(24)28-16-14-15-19(25)29-20(26)23(15,27)22(4)13-10-12-21(2,3)18(16)22/h5-9,11,14,16,18-19,25,27H,10,12-13H2,1-4H3/b6-5+,8-7+,11-9+/t16-,18-,19+,22-,23-/m0/s1. The predicted molar refractivity (Wildman–Crippen MR) is 107 cm³/mol. The molecule has 158 valence electrons. The first-order valence-electron chi connectivity index (χ1n) is 10.1. The van der Waals surface area contributed by atoms with Crippen LogP contribution in [0.15, 0.2) is 48.1 Å². The second-order valence-electron chi connectivity index (χ2n) is 9.00. The zero-order chi connectivity index (χ0) is 21.4. The van der Waals surface area contributed by atoms with Crippen molar-refractivity contribution in [2.45, 2.75) is 65.0 Å². The van der Waals surface area contributed by atoms with Gasteiger partial charge < -0.3 is 19.7 Å². The average molecular weight is 402 g/mol. The summed E-state index contributed by atoms with van der Waals surface area (Å²) in [6.45, 7) is 7.85. The summed E-state index contributed by atoms with van der Waals surface area (Å²) in [5, 5.41) is 21.7. The van der Waals surface area contributed by atoms with E-state index in [-0.39, 0.29) is 16.9 Å². The van der Waals surface area contributed by atoms with Crippen LogP contribution in [0, 0.1) is 16.7 Å². The average Bonchev–Trinajstić information content (AvgIpc) is 2.85. The van der Waals surface area contributed by atoms with Crippen molar-refractivity contribution >= 4 is 11.9 Å². The Labute approximate surface area is 171 Å². The number of rotatable bonds is 4. The topological polar surface area (TPSA) is 93.1 Å². The molecule has 3 rings (SSSR count). The van der Waals surface area contributed by atoms with Crippen molar-refractivity contribution in [3.8, 4) is 0 Å². The van der Waals surface area contributed by atoms with Crippen molar-refractivity contribution in [3.63, 3.8) is 0 Å². The Morgan fingerprint density at radius 3 is 2.59 bits per heavy atom. The highest BCUT2D eigenvalue weighted by molar-refractivity contribution is 5.89. The van der Waals surface area contributed by atoms with E-state index in [0.717, 1.165) is 12.8 Å². The Bertz CT molecular complexity index is 804. The zero-order valence-electron chi connectivity index (χ0n) is 17.4. The number of cyclic esters (lactones) is 1. The van der Waals surface area contributed by atoms with Crippen LogP contribution in [0.3, 0.4) is 0 Å². The van der Waals surface area contributed by atoms with E-state index < -0.39 is 35.3 Å². The minimum absolute atomic E-state index is 0.0775. The van der Waals surface area contributed by atoms with Gasteiger partial charge in [-0.1, -0.05) is 57.6 Å². The summed E-state index contributed by atoms with van der Waals surface area (Å²) in [7, 11) is 0. The number of carbonyl (C=O) groups is 2. The lowest BCUT2D eigenvalue weighted by Gasteiger charge is -2.59. The van der Waals surface area contributed by atoms with Crippen LogP contribution < -0.4 is 0 Å². The fourth-order valence-electron chi connectivity index (χ4n) is 5.53. The fraction of sp³-hybridized carbons (Fsp3) is 0.565. The van der Waals surface area contributed by atoms with Crippen LogP contribution in [0.25, 0.3) is 0 Å². The first kappa shape index (κ1) is 21.5. The number of carbonyl (C=O) groups excluding carboxylic acids is 2. The van der Waals surface area contributed by atoms with Crippen molar-refractivity contribution in [1.29, 1.82) is 0 Å². The molecule has 1 saturated heterocycles. The van der Waals surface area contributed by atoms with Crippen LogP contribution in [-0.2, 0) is 19.1 Å². The van der Waals surface area contributed by atoms with E-state index in [4.69, 9.17) is 9.47 Å². The van der Waals surface area contributed by atoms with Crippen LogP contribution in [0.2, 0.25) is 0 Å². The van der Waals surface area contributed by atoms with Crippen LogP contribution >= 0.6 is 0 Å². The summed E-state index contributed by atoms with van der Waals surface area (Å²) in [5.74, 6) is -1.67. The lowest BCUT2D eigenvalue weighted by Crippen LogP contribution is -2.65. The van der Waals surface area contributed by atoms with Gasteiger partial charge in [0.1, 0.15) is 6.10 Å². The number of hydrogen-bond donors (Lipinski definition) is 2. The molecule has 1 aliphatic heterocycles. The highest BCUT2D eigenvalue weighted by Crippen LogP contribution is 2.63. The lowest BCUT2D eigenvalue weighted by molar-refractivity contribution is -0.195. The monoisotopic (exact) mass is 402 g/mol. The van der Waals surface area contributed by atoms with Crippen molar-refractivity contribution in [1.82, 2.24) is 0 Å². The normalized spacial score (nSPS) is 38.8. The molecule has 0 bridgehead atoms. The van der Waals surface area contributed by atoms with Gasteiger partial charge in [0.25, 0.3) is 0 Å². The van der Waals surface area contributed by atoms with Crippen molar-refractivity contribution < 1.29 is 29.3 Å². The number of allylic oxidation sites excluding steroid dienone is 5. The molecule has 6 nitrogen and oxygen atoms in total. The van der Waals surface area contributed by atoms with Crippen LogP contribution in [0.5, 0.6) is 0 Å². The Kier molecular flexibility index (Phi) is 5.62. The molecule has 2 N–H and O–H groups in total. The van der Waals surface area contributed by atoms with E-state index in [2.05, 4.69) is 13.8 Å². The lowest BCUT2D eigenvalue weighted by atomic mass is 9.46. The van der Waals surface area contributed by atoms with E-state index in [1.807, 2.05) is 26.0 Å². The van der Waals surface area contributed by atoms with Crippen molar-refractivity contribution in [2.75, 3.05) is 0 Å². The number of aliphatic hydroxyl groups excluding tert-OH is 1. The number of aliphatic hydroxyl groups is 2. The third-order valence-electron chi connectivity index (χ3n) is 6.75. The fourth-order valence-corrected chi connectivity index (χ4v) is 5.53. The van der Waals surface area contributed by atoms with Crippen LogP contribution in [-0.4, -0.2) is 40.1 Å². The Hall–Kier alpha value is -2.18. The van der Waals surface area contributed by atoms with Gasteiger partial charge in [0.15, 0.2) is 5.60 Å². The molecule has 1 heterocycles. The molecule has 2 fully saturated rings. The molecule has 0 radical (unpaired) electrons. The Morgan fingerprint density at radius 1 is 1.21 bits per heavy atom. The minimum atomic E-state index is -1.91. The smallest absolute Gasteiger partial charge is 0.345 e. The van der Waals surface area contributed by atoms with E-state index in [9.17, 15) is 19.8 Å². The van der Waals surface area contributed by atoms with Crippen LogP contribution in [0.4, 0.5) is 0 Å². The molecule has 2 aliphatic carbocycles. The molecular formula is C23H30O6. The first-order valence-corrected chi connectivity index (χ1v) is 10.1. The summed E-state index contributed by atoms with van der Waals surface area (Å²) in [6, 6.07) is 0. The maximum Gasteiger partial charge on any atom is 0.345 e. The second kappa shape index (κ2) is 7.58. The summed E-state index contributed by atoms with van der Waals surface area (Å²) in [4.78, 5) is 25.0. The van der Waals surface area contributed by atoms with Gasteiger partial charge in [0, 0.05) is 23.0 Å². The van der Waals surface area contributed by atoms with E-state index in [1.54, 1.807) is 18.2 Å². The second-order valence-corrected chi connectivity index (χ2v) is 9.00. The van der Waals surface area contributed by atoms with Gasteiger partial charge in [0.05, 0.1) is 0 Å².